The van der Waals surface area contributed by atoms with Crippen LogP contribution in [0, 0.1) is 0 Å². The number of amides is 3. The first-order valence-corrected chi connectivity index (χ1v) is 5.23. The summed E-state index contributed by atoms with van der Waals surface area (Å²) >= 11 is 0. The molecule has 1 fully saturated rings. The Hall–Kier alpha value is -1.75. The highest BCUT2D eigenvalue weighted by molar-refractivity contribution is 6.12. The van der Waals surface area contributed by atoms with E-state index in [9.17, 15) is 9.59 Å². The molecule has 2 N–H and O–H groups in total. The highest BCUT2D eigenvalue weighted by atomic mass is 35.5. The highest BCUT2D eigenvalue weighted by Crippen LogP contribution is 2.32. The average molecular weight is 254 g/mol. The smallest absolute Gasteiger partial charge is 0.329 e. The summed E-state index contributed by atoms with van der Waals surface area (Å²) in [6, 6.07) is 5.43. The molecule has 17 heavy (non-hydrogen) atoms. The van der Waals surface area contributed by atoms with Crippen LogP contribution in [0.2, 0.25) is 0 Å². The van der Waals surface area contributed by atoms with E-state index < -0.39 is 0 Å². The number of nitrogens with one attached hydrogen (secondary N) is 2. The lowest BCUT2D eigenvalue weighted by atomic mass is 10.1. The molecule has 1 saturated heterocycles. The predicted octanol–water partition coefficient (Wildman–Crippen LogP) is 1.13. The lowest BCUT2D eigenvalue weighted by Crippen LogP contribution is -2.28. The number of halogens is 1. The van der Waals surface area contributed by atoms with E-state index in [1.165, 1.54) is 4.90 Å². The molecule has 1 aromatic carbocycles. The molecule has 0 saturated carbocycles. The maximum Gasteiger partial charge on any atom is 0.329 e. The minimum Gasteiger partial charge on any atom is -0.384 e. The van der Waals surface area contributed by atoms with Crippen LogP contribution in [0.1, 0.15) is 5.56 Å². The van der Waals surface area contributed by atoms with Gasteiger partial charge < -0.3 is 5.32 Å². The number of carbonyl (C=O) groups excluding carboxylic acids is 2. The predicted molar refractivity (Wildman–Crippen MR) is 66.8 cm³/mol. The van der Waals surface area contributed by atoms with Gasteiger partial charge in [0, 0.05) is 17.8 Å². The molecule has 0 bridgehead atoms. The largest absolute Gasteiger partial charge is 0.384 e. The molecule has 2 aliphatic rings. The van der Waals surface area contributed by atoms with E-state index in [2.05, 4.69) is 10.6 Å². The Morgan fingerprint density at radius 2 is 2.06 bits per heavy atom. The molecule has 0 aliphatic carbocycles. The van der Waals surface area contributed by atoms with E-state index in [0.717, 1.165) is 29.9 Å². The normalized spacial score (nSPS) is 17.3. The van der Waals surface area contributed by atoms with E-state index in [-0.39, 0.29) is 30.9 Å². The topological polar surface area (TPSA) is 61.4 Å². The molecule has 2 aliphatic heterocycles. The third-order valence-corrected chi connectivity index (χ3v) is 2.93. The fourth-order valence-corrected chi connectivity index (χ4v) is 2.21. The third-order valence-electron chi connectivity index (χ3n) is 2.93. The summed E-state index contributed by atoms with van der Waals surface area (Å²) in [5.74, 6) is -0.242. The lowest BCUT2D eigenvalue weighted by molar-refractivity contribution is -0.117. The van der Waals surface area contributed by atoms with Gasteiger partial charge in [-0.25, -0.2) is 4.79 Å². The van der Waals surface area contributed by atoms with E-state index in [4.69, 9.17) is 0 Å². The second-order valence-electron chi connectivity index (χ2n) is 3.92. The third kappa shape index (κ3) is 1.82. The SMILES string of the molecule is Cl.O=C1CN(c2cccc3c2CCN3)C(=O)N1. The van der Waals surface area contributed by atoms with Gasteiger partial charge in [-0.1, -0.05) is 6.07 Å². The summed E-state index contributed by atoms with van der Waals surface area (Å²) in [5.41, 5.74) is 3.02. The summed E-state index contributed by atoms with van der Waals surface area (Å²) in [5, 5.41) is 5.53. The molecular formula is C11H12ClN3O2. The monoisotopic (exact) mass is 253 g/mol. The number of urea groups is 1. The van der Waals surface area contributed by atoms with Crippen LogP contribution in [-0.2, 0) is 11.2 Å². The molecule has 90 valence electrons. The van der Waals surface area contributed by atoms with Gasteiger partial charge in [-0.05, 0) is 18.6 Å². The quantitative estimate of drug-likeness (QED) is 0.738. The Morgan fingerprint density at radius 1 is 1.24 bits per heavy atom. The van der Waals surface area contributed by atoms with Gasteiger partial charge >= 0.3 is 6.03 Å². The number of imide groups is 1. The van der Waals surface area contributed by atoms with E-state index >= 15 is 0 Å². The summed E-state index contributed by atoms with van der Waals surface area (Å²) in [4.78, 5) is 24.2. The number of benzene rings is 1. The molecule has 0 atom stereocenters. The van der Waals surface area contributed by atoms with Gasteiger partial charge in [-0.15, -0.1) is 12.4 Å². The van der Waals surface area contributed by atoms with Crippen LogP contribution in [0.5, 0.6) is 0 Å². The number of anilines is 2. The second kappa shape index (κ2) is 4.25. The van der Waals surface area contributed by atoms with Gasteiger partial charge in [-0.3, -0.25) is 15.0 Å². The van der Waals surface area contributed by atoms with Crippen molar-refractivity contribution < 1.29 is 9.59 Å². The van der Waals surface area contributed by atoms with Gasteiger partial charge in [0.25, 0.3) is 0 Å². The van der Waals surface area contributed by atoms with Gasteiger partial charge in [0.1, 0.15) is 6.54 Å². The number of nitrogens with zero attached hydrogens (tertiary/aromatic N) is 1. The number of hydrogen-bond acceptors (Lipinski definition) is 3. The molecule has 0 spiro atoms. The van der Waals surface area contributed by atoms with Crippen molar-refractivity contribution in [3.8, 4) is 0 Å². The number of carbonyl (C=O) groups is 2. The maximum atomic E-state index is 11.6. The van der Waals surface area contributed by atoms with E-state index in [1.54, 1.807) is 0 Å². The van der Waals surface area contributed by atoms with E-state index in [1.807, 2.05) is 18.2 Å². The van der Waals surface area contributed by atoms with Crippen molar-refractivity contribution in [1.29, 1.82) is 0 Å². The zero-order valence-electron chi connectivity index (χ0n) is 9.03. The number of fused-ring (bicyclic) bond motifs is 1. The Bertz CT molecular complexity index is 490. The number of rotatable bonds is 1. The van der Waals surface area contributed by atoms with Crippen LogP contribution in [0.25, 0.3) is 0 Å². The van der Waals surface area contributed by atoms with Crippen molar-refractivity contribution in [3.63, 3.8) is 0 Å². The van der Waals surface area contributed by atoms with Gasteiger partial charge in [0.15, 0.2) is 0 Å². The molecule has 0 unspecified atom stereocenters. The maximum absolute atomic E-state index is 11.6. The van der Waals surface area contributed by atoms with Crippen molar-refractivity contribution in [2.75, 3.05) is 23.3 Å². The van der Waals surface area contributed by atoms with Crippen molar-refractivity contribution in [1.82, 2.24) is 5.32 Å². The van der Waals surface area contributed by atoms with Crippen LogP contribution in [0.3, 0.4) is 0 Å². The first-order chi connectivity index (χ1) is 7.75. The molecule has 5 nitrogen and oxygen atoms in total. The molecular weight excluding hydrogens is 242 g/mol. The molecule has 1 aromatic rings. The first kappa shape index (κ1) is 11.7. The molecule has 0 aromatic heterocycles. The summed E-state index contributed by atoms with van der Waals surface area (Å²) < 4.78 is 0. The minimum absolute atomic E-state index is 0. The summed E-state index contributed by atoms with van der Waals surface area (Å²) in [6.07, 6.45) is 0.892. The number of hydrogen-bond donors (Lipinski definition) is 2. The van der Waals surface area contributed by atoms with Crippen LogP contribution in [0.15, 0.2) is 18.2 Å². The van der Waals surface area contributed by atoms with Crippen LogP contribution in [-0.4, -0.2) is 25.0 Å². The van der Waals surface area contributed by atoms with Crippen LogP contribution in [0.4, 0.5) is 16.2 Å². The molecule has 3 amide bonds. The van der Waals surface area contributed by atoms with Gasteiger partial charge in [-0.2, -0.15) is 0 Å². The van der Waals surface area contributed by atoms with Crippen molar-refractivity contribution in [2.45, 2.75) is 6.42 Å². The second-order valence-corrected chi connectivity index (χ2v) is 3.92. The zero-order valence-corrected chi connectivity index (χ0v) is 9.84. The van der Waals surface area contributed by atoms with Crippen molar-refractivity contribution in [3.05, 3.63) is 23.8 Å². The highest BCUT2D eigenvalue weighted by Gasteiger charge is 2.30. The van der Waals surface area contributed by atoms with Crippen LogP contribution >= 0.6 is 12.4 Å². The molecule has 3 rings (SSSR count). The molecule has 0 radical (unpaired) electrons. The zero-order chi connectivity index (χ0) is 11.1. The Kier molecular flexibility index (Phi) is 2.93. The summed E-state index contributed by atoms with van der Waals surface area (Å²) in [6.45, 7) is 1.00. The Labute approximate surface area is 105 Å². The first-order valence-electron chi connectivity index (χ1n) is 5.23. The van der Waals surface area contributed by atoms with E-state index in [0.29, 0.717) is 0 Å². The fraction of sp³-hybridized carbons (Fsp3) is 0.273. The average Bonchev–Trinajstić information content (AvgIpc) is 2.84. The Balaban J connectivity index is 0.00000108. The Morgan fingerprint density at radius 3 is 2.76 bits per heavy atom. The lowest BCUT2D eigenvalue weighted by Gasteiger charge is -2.16. The van der Waals surface area contributed by atoms with Gasteiger partial charge in [0.2, 0.25) is 5.91 Å². The fourth-order valence-electron chi connectivity index (χ4n) is 2.21. The van der Waals surface area contributed by atoms with Gasteiger partial charge in [0.05, 0.1) is 5.69 Å². The van der Waals surface area contributed by atoms with Crippen LogP contribution < -0.4 is 15.5 Å². The molecule has 2 heterocycles. The standard InChI is InChI=1S/C11H11N3O2.ClH/c15-10-6-14(11(16)13-10)9-3-1-2-8-7(9)4-5-12-8;/h1-3,12H,4-6H2,(H,13,15,16);1H. The molecule has 6 heteroatoms. The van der Waals surface area contributed by atoms with Crippen molar-refractivity contribution >= 4 is 35.7 Å². The van der Waals surface area contributed by atoms with Crippen molar-refractivity contribution in [2.24, 2.45) is 0 Å². The summed E-state index contributed by atoms with van der Waals surface area (Å²) in [7, 11) is 0. The minimum atomic E-state index is -0.328.